The van der Waals surface area contributed by atoms with Gasteiger partial charge in [0.25, 0.3) is 0 Å². The Labute approximate surface area is 145 Å². The summed E-state index contributed by atoms with van der Waals surface area (Å²) in [6.07, 6.45) is 4.78. The molecule has 1 atom stereocenters. The Morgan fingerprint density at radius 3 is 2.54 bits per heavy atom. The number of hydrogen-bond acceptors (Lipinski definition) is 3. The Morgan fingerprint density at radius 2 is 1.83 bits per heavy atom. The summed E-state index contributed by atoms with van der Waals surface area (Å²) in [6, 6.07) is 16.5. The normalized spacial score (nSPS) is 16.2. The lowest BCUT2D eigenvalue weighted by molar-refractivity contribution is 0.611. The van der Waals surface area contributed by atoms with E-state index in [4.69, 9.17) is 11.6 Å². The van der Waals surface area contributed by atoms with E-state index in [1.165, 1.54) is 11.1 Å². The summed E-state index contributed by atoms with van der Waals surface area (Å²) < 4.78 is 1.90. The van der Waals surface area contributed by atoms with Gasteiger partial charge >= 0.3 is 0 Å². The summed E-state index contributed by atoms with van der Waals surface area (Å²) in [6.45, 7) is 2.16. The van der Waals surface area contributed by atoms with Crippen LogP contribution in [0.1, 0.15) is 29.7 Å². The van der Waals surface area contributed by atoms with Crippen LogP contribution >= 0.6 is 11.6 Å². The maximum Gasteiger partial charge on any atom is 0.226 e. The number of allylic oxidation sites excluding steroid dienone is 1. The molecular formula is C19H17ClN4. The summed E-state index contributed by atoms with van der Waals surface area (Å²) in [5, 5.41) is 8.45. The molecule has 4 rings (SSSR count). The molecule has 0 radical (unpaired) electrons. The first kappa shape index (κ1) is 15.0. The van der Waals surface area contributed by atoms with Crippen LogP contribution in [-0.4, -0.2) is 14.8 Å². The van der Waals surface area contributed by atoms with Crippen molar-refractivity contribution >= 4 is 23.2 Å². The lowest BCUT2D eigenvalue weighted by Gasteiger charge is -2.24. The van der Waals surface area contributed by atoms with Crippen molar-refractivity contribution in [3.63, 3.8) is 0 Å². The van der Waals surface area contributed by atoms with Crippen LogP contribution in [-0.2, 0) is 6.42 Å². The first-order valence-electron chi connectivity index (χ1n) is 7.97. The second kappa shape index (κ2) is 6.13. The molecule has 5 heteroatoms. The van der Waals surface area contributed by atoms with Gasteiger partial charge in [0.1, 0.15) is 12.4 Å². The molecule has 120 valence electrons. The van der Waals surface area contributed by atoms with E-state index in [2.05, 4.69) is 52.7 Å². The molecule has 0 fully saturated rings. The van der Waals surface area contributed by atoms with E-state index in [0.717, 1.165) is 28.7 Å². The largest absolute Gasteiger partial charge is 0.324 e. The Morgan fingerprint density at radius 1 is 1.08 bits per heavy atom. The van der Waals surface area contributed by atoms with Gasteiger partial charge in [0, 0.05) is 10.7 Å². The number of nitrogens with one attached hydrogen (secondary N) is 1. The predicted octanol–water partition coefficient (Wildman–Crippen LogP) is 4.55. The second-order valence-corrected chi connectivity index (χ2v) is 6.22. The first-order valence-corrected chi connectivity index (χ1v) is 8.35. The molecule has 1 aliphatic rings. The van der Waals surface area contributed by atoms with Crippen molar-refractivity contribution in [2.24, 2.45) is 0 Å². The standard InChI is InChI=1S/C19H17ClN4/c1-2-13-3-5-15(6-4-13)18-11-17(14-7-9-16(20)10-8-14)23-19-21-12-22-24(18)19/h3-12,18H,2H2,1H3,(H,21,22,23). The van der Waals surface area contributed by atoms with Crippen molar-refractivity contribution < 1.29 is 0 Å². The average molecular weight is 337 g/mol. The summed E-state index contributed by atoms with van der Waals surface area (Å²) in [4.78, 5) is 4.33. The third-order valence-electron chi connectivity index (χ3n) is 4.29. The number of hydrogen-bond donors (Lipinski definition) is 1. The van der Waals surface area contributed by atoms with Crippen LogP contribution in [0.3, 0.4) is 0 Å². The van der Waals surface area contributed by atoms with Crippen LogP contribution in [0.2, 0.25) is 5.02 Å². The molecule has 0 spiro atoms. The third kappa shape index (κ3) is 2.69. The zero-order valence-corrected chi connectivity index (χ0v) is 14.0. The van der Waals surface area contributed by atoms with Gasteiger partial charge in [-0.3, -0.25) is 0 Å². The lowest BCUT2D eigenvalue weighted by atomic mass is 10.00. The van der Waals surface area contributed by atoms with Gasteiger partial charge in [-0.05, 0) is 41.3 Å². The molecule has 24 heavy (non-hydrogen) atoms. The van der Waals surface area contributed by atoms with E-state index >= 15 is 0 Å². The first-order chi connectivity index (χ1) is 11.7. The quantitative estimate of drug-likeness (QED) is 0.763. The lowest BCUT2D eigenvalue weighted by Crippen LogP contribution is -2.20. The maximum atomic E-state index is 6.00. The molecule has 3 aromatic rings. The van der Waals surface area contributed by atoms with E-state index < -0.39 is 0 Å². The van der Waals surface area contributed by atoms with Gasteiger partial charge in [0.15, 0.2) is 0 Å². The van der Waals surface area contributed by atoms with Crippen LogP contribution < -0.4 is 5.32 Å². The molecule has 0 saturated carbocycles. The monoisotopic (exact) mass is 336 g/mol. The number of aromatic nitrogens is 3. The van der Waals surface area contributed by atoms with Crippen LogP contribution in [0, 0.1) is 0 Å². The van der Waals surface area contributed by atoms with Crippen molar-refractivity contribution in [1.82, 2.24) is 14.8 Å². The summed E-state index contributed by atoms with van der Waals surface area (Å²) in [5.74, 6) is 0.743. The van der Waals surface area contributed by atoms with Gasteiger partial charge < -0.3 is 5.32 Å². The summed E-state index contributed by atoms with van der Waals surface area (Å²) in [5.41, 5.74) is 4.60. The number of halogens is 1. The number of anilines is 1. The Balaban J connectivity index is 1.77. The minimum Gasteiger partial charge on any atom is -0.324 e. The van der Waals surface area contributed by atoms with Crippen LogP contribution in [0.4, 0.5) is 5.95 Å². The Kier molecular flexibility index (Phi) is 3.82. The fourth-order valence-corrected chi connectivity index (χ4v) is 3.05. The highest BCUT2D eigenvalue weighted by Crippen LogP contribution is 2.32. The van der Waals surface area contributed by atoms with Crippen molar-refractivity contribution in [3.8, 4) is 0 Å². The van der Waals surface area contributed by atoms with Gasteiger partial charge in [-0.2, -0.15) is 10.1 Å². The number of aryl methyl sites for hydroxylation is 1. The number of rotatable bonds is 3. The van der Waals surface area contributed by atoms with Crippen LogP contribution in [0.15, 0.2) is 60.9 Å². The van der Waals surface area contributed by atoms with E-state index in [1.54, 1.807) is 6.33 Å². The summed E-state index contributed by atoms with van der Waals surface area (Å²) >= 11 is 6.00. The number of nitrogens with zero attached hydrogens (tertiary/aromatic N) is 3. The van der Waals surface area contributed by atoms with Gasteiger partial charge in [-0.25, -0.2) is 4.68 Å². The highest BCUT2D eigenvalue weighted by atomic mass is 35.5. The van der Waals surface area contributed by atoms with Gasteiger partial charge in [-0.1, -0.05) is 54.9 Å². The number of fused-ring (bicyclic) bond motifs is 1. The number of benzene rings is 2. The van der Waals surface area contributed by atoms with Crippen molar-refractivity contribution in [2.45, 2.75) is 19.4 Å². The zero-order valence-electron chi connectivity index (χ0n) is 13.3. The fourth-order valence-electron chi connectivity index (χ4n) is 2.92. The third-order valence-corrected chi connectivity index (χ3v) is 4.54. The van der Waals surface area contributed by atoms with Gasteiger partial charge in [-0.15, -0.1) is 0 Å². The molecule has 0 amide bonds. The van der Waals surface area contributed by atoms with E-state index in [-0.39, 0.29) is 6.04 Å². The fraction of sp³-hybridized carbons (Fsp3) is 0.158. The van der Waals surface area contributed by atoms with Crippen molar-refractivity contribution in [1.29, 1.82) is 0 Å². The molecule has 1 aliphatic heterocycles. The Hall–Kier alpha value is -2.59. The highest BCUT2D eigenvalue weighted by Gasteiger charge is 2.23. The molecule has 0 bridgehead atoms. The molecule has 0 saturated heterocycles. The molecule has 1 unspecified atom stereocenters. The maximum absolute atomic E-state index is 6.00. The SMILES string of the molecule is CCc1ccc(C2C=C(c3ccc(Cl)cc3)Nc3ncnn32)cc1. The van der Waals surface area contributed by atoms with Crippen molar-refractivity contribution in [2.75, 3.05) is 5.32 Å². The Bertz CT molecular complexity index is 878. The van der Waals surface area contributed by atoms with Gasteiger partial charge in [0.05, 0.1) is 0 Å². The molecule has 2 heterocycles. The molecule has 1 N–H and O–H groups in total. The summed E-state index contributed by atoms with van der Waals surface area (Å²) in [7, 11) is 0. The average Bonchev–Trinajstić information content (AvgIpc) is 3.10. The second-order valence-electron chi connectivity index (χ2n) is 5.78. The molecule has 0 aliphatic carbocycles. The minimum atomic E-state index is 0.0142. The molecule has 4 nitrogen and oxygen atoms in total. The van der Waals surface area contributed by atoms with E-state index in [9.17, 15) is 0 Å². The predicted molar refractivity (Wildman–Crippen MR) is 97.0 cm³/mol. The smallest absolute Gasteiger partial charge is 0.226 e. The van der Waals surface area contributed by atoms with E-state index in [0.29, 0.717) is 0 Å². The van der Waals surface area contributed by atoms with Crippen LogP contribution in [0.5, 0.6) is 0 Å². The zero-order chi connectivity index (χ0) is 16.5. The van der Waals surface area contributed by atoms with E-state index in [1.807, 2.05) is 28.9 Å². The minimum absolute atomic E-state index is 0.0142. The topological polar surface area (TPSA) is 42.7 Å². The molecule has 1 aromatic heterocycles. The van der Waals surface area contributed by atoms with Crippen molar-refractivity contribution in [3.05, 3.63) is 82.6 Å². The molecule has 2 aromatic carbocycles. The highest BCUT2D eigenvalue weighted by molar-refractivity contribution is 6.30. The molecular weight excluding hydrogens is 320 g/mol. The van der Waals surface area contributed by atoms with Crippen LogP contribution in [0.25, 0.3) is 5.70 Å². The van der Waals surface area contributed by atoms with Gasteiger partial charge in [0.2, 0.25) is 5.95 Å².